The third kappa shape index (κ3) is 4.48. The molecule has 1 saturated heterocycles. The van der Waals surface area contributed by atoms with Gasteiger partial charge in [0.2, 0.25) is 10.0 Å². The molecule has 0 radical (unpaired) electrons. The zero-order valence-electron chi connectivity index (χ0n) is 14.8. The van der Waals surface area contributed by atoms with Gasteiger partial charge < -0.3 is 5.32 Å². The van der Waals surface area contributed by atoms with E-state index in [4.69, 9.17) is 11.6 Å². The van der Waals surface area contributed by atoms with Crippen molar-refractivity contribution in [1.82, 2.24) is 4.31 Å². The summed E-state index contributed by atoms with van der Waals surface area (Å²) in [6, 6.07) is 9.48. The Kier molecular flexibility index (Phi) is 5.83. The number of hydrogen-bond donors (Lipinski definition) is 1. The summed E-state index contributed by atoms with van der Waals surface area (Å²) in [5, 5.41) is 2.65. The molecule has 3 rings (SSSR count). The summed E-state index contributed by atoms with van der Waals surface area (Å²) in [5.41, 5.74) is 0.279. The third-order valence-corrected chi connectivity index (χ3v) is 6.87. The lowest BCUT2D eigenvalue weighted by molar-refractivity contribution is 0.102. The van der Waals surface area contributed by atoms with E-state index in [1.165, 1.54) is 46.8 Å². The molecule has 1 N–H and O–H groups in total. The van der Waals surface area contributed by atoms with Crippen molar-refractivity contribution in [3.05, 3.63) is 58.9 Å². The number of nitrogens with one attached hydrogen (secondary N) is 1. The maximum atomic E-state index is 13.3. The van der Waals surface area contributed by atoms with E-state index in [1.807, 2.05) is 0 Å². The van der Waals surface area contributed by atoms with Crippen molar-refractivity contribution in [2.45, 2.75) is 24.7 Å². The monoisotopic (exact) mass is 410 g/mol. The smallest absolute Gasteiger partial charge is 0.257 e. The van der Waals surface area contributed by atoms with Crippen molar-refractivity contribution in [1.29, 1.82) is 0 Å². The van der Waals surface area contributed by atoms with Crippen LogP contribution in [0, 0.1) is 11.7 Å². The van der Waals surface area contributed by atoms with Crippen molar-refractivity contribution in [3.8, 4) is 0 Å². The van der Waals surface area contributed by atoms with Crippen LogP contribution in [0.2, 0.25) is 5.02 Å². The molecule has 2 aromatic rings. The molecule has 8 heteroatoms. The lowest BCUT2D eigenvalue weighted by Crippen LogP contribution is -2.37. The zero-order valence-corrected chi connectivity index (χ0v) is 16.4. The van der Waals surface area contributed by atoms with Crippen molar-refractivity contribution < 1.29 is 17.6 Å². The van der Waals surface area contributed by atoms with Crippen molar-refractivity contribution in [2.75, 3.05) is 18.4 Å². The van der Waals surface area contributed by atoms with E-state index in [0.29, 0.717) is 19.0 Å². The van der Waals surface area contributed by atoms with Crippen LogP contribution in [0.15, 0.2) is 47.4 Å². The van der Waals surface area contributed by atoms with E-state index >= 15 is 0 Å². The van der Waals surface area contributed by atoms with E-state index in [2.05, 4.69) is 12.2 Å². The molecule has 0 saturated carbocycles. The summed E-state index contributed by atoms with van der Waals surface area (Å²) in [6.45, 7) is 3.01. The fraction of sp³-hybridized carbons (Fsp3) is 0.316. The molecule has 0 atom stereocenters. The number of carbonyl (C=O) groups excluding carboxylic acids is 1. The Morgan fingerprint density at radius 1 is 1.19 bits per heavy atom. The van der Waals surface area contributed by atoms with Crippen molar-refractivity contribution in [2.24, 2.45) is 5.92 Å². The number of anilines is 1. The Hall–Kier alpha value is -1.96. The first-order chi connectivity index (χ1) is 12.8. The molecule has 0 bridgehead atoms. The fourth-order valence-corrected chi connectivity index (χ4v) is 4.68. The molecule has 1 aliphatic rings. The highest BCUT2D eigenvalue weighted by Crippen LogP contribution is 2.27. The van der Waals surface area contributed by atoms with Crippen molar-refractivity contribution >= 4 is 33.2 Å². The summed E-state index contributed by atoms with van der Waals surface area (Å²) in [6.07, 6.45) is 1.61. The van der Waals surface area contributed by atoms with Crippen LogP contribution in [-0.2, 0) is 10.0 Å². The van der Waals surface area contributed by atoms with Gasteiger partial charge in [-0.05, 0) is 55.2 Å². The number of nitrogens with zero attached hydrogens (tertiary/aromatic N) is 1. The van der Waals surface area contributed by atoms with Crippen LogP contribution in [0.3, 0.4) is 0 Å². The minimum absolute atomic E-state index is 0.0193. The minimum Gasteiger partial charge on any atom is -0.322 e. The first kappa shape index (κ1) is 19.8. The Balaban J connectivity index is 1.86. The van der Waals surface area contributed by atoms with Crippen LogP contribution < -0.4 is 5.32 Å². The van der Waals surface area contributed by atoms with Crippen LogP contribution >= 0.6 is 11.6 Å². The molecule has 144 valence electrons. The maximum absolute atomic E-state index is 13.3. The van der Waals surface area contributed by atoms with Gasteiger partial charge in [-0.3, -0.25) is 4.79 Å². The Labute approximate surface area is 163 Å². The average Bonchev–Trinajstić information content (AvgIpc) is 2.62. The van der Waals surface area contributed by atoms with E-state index in [-0.39, 0.29) is 21.2 Å². The molecule has 2 aromatic carbocycles. The maximum Gasteiger partial charge on any atom is 0.257 e. The molecule has 27 heavy (non-hydrogen) atoms. The highest BCUT2D eigenvalue weighted by atomic mass is 35.5. The SMILES string of the molecule is CC1CCN(S(=O)(=O)c2ccc(Cl)c(C(=O)Nc3cccc(F)c3)c2)CC1. The standard InChI is InChI=1S/C19H20ClFN2O3S/c1-13-7-9-23(10-8-13)27(25,26)16-5-6-18(20)17(12-16)19(24)22-15-4-2-3-14(21)11-15/h2-6,11-13H,7-10H2,1H3,(H,22,24). The Bertz CT molecular complexity index is 957. The summed E-state index contributed by atoms with van der Waals surface area (Å²) < 4.78 is 40.5. The summed E-state index contributed by atoms with van der Waals surface area (Å²) in [4.78, 5) is 12.5. The van der Waals surface area contributed by atoms with Crippen molar-refractivity contribution in [3.63, 3.8) is 0 Å². The topological polar surface area (TPSA) is 66.5 Å². The summed E-state index contributed by atoms with van der Waals surface area (Å²) >= 11 is 6.10. The fourth-order valence-electron chi connectivity index (χ4n) is 2.98. The van der Waals surface area contributed by atoms with Gasteiger partial charge >= 0.3 is 0 Å². The first-order valence-electron chi connectivity index (χ1n) is 8.64. The minimum atomic E-state index is -3.70. The third-order valence-electron chi connectivity index (χ3n) is 4.65. The molecule has 0 aliphatic carbocycles. The molecule has 1 heterocycles. The predicted octanol–water partition coefficient (Wildman–Crippen LogP) is 4.15. The number of hydrogen-bond acceptors (Lipinski definition) is 3. The summed E-state index contributed by atoms with van der Waals surface area (Å²) in [5.74, 6) is -0.598. The lowest BCUT2D eigenvalue weighted by Gasteiger charge is -2.29. The highest BCUT2D eigenvalue weighted by molar-refractivity contribution is 7.89. The van der Waals surface area contributed by atoms with Gasteiger partial charge in [0.1, 0.15) is 5.82 Å². The number of carbonyl (C=O) groups is 1. The number of amides is 1. The van der Waals surface area contributed by atoms with Crippen LogP contribution in [0.25, 0.3) is 0 Å². The number of benzene rings is 2. The van der Waals surface area contributed by atoms with E-state index in [1.54, 1.807) is 0 Å². The van der Waals surface area contributed by atoms with E-state index in [0.717, 1.165) is 12.8 Å². The largest absolute Gasteiger partial charge is 0.322 e. The normalized spacial score (nSPS) is 16.3. The number of sulfonamides is 1. The molecule has 0 spiro atoms. The Morgan fingerprint density at radius 3 is 2.56 bits per heavy atom. The van der Waals surface area contributed by atoms with Crippen LogP contribution in [0.4, 0.5) is 10.1 Å². The average molecular weight is 411 g/mol. The lowest BCUT2D eigenvalue weighted by atomic mass is 10.0. The Morgan fingerprint density at radius 2 is 1.89 bits per heavy atom. The molecule has 1 fully saturated rings. The van der Waals surface area contributed by atoms with E-state index < -0.39 is 21.7 Å². The quantitative estimate of drug-likeness (QED) is 0.823. The van der Waals surface area contributed by atoms with Gasteiger partial charge in [-0.2, -0.15) is 4.31 Å². The van der Waals surface area contributed by atoms with Crippen LogP contribution in [0.5, 0.6) is 0 Å². The van der Waals surface area contributed by atoms with Crippen LogP contribution in [0.1, 0.15) is 30.1 Å². The van der Waals surface area contributed by atoms with Gasteiger partial charge in [-0.15, -0.1) is 0 Å². The molecular weight excluding hydrogens is 391 g/mol. The van der Waals surface area contributed by atoms with Crippen LogP contribution in [-0.4, -0.2) is 31.7 Å². The number of rotatable bonds is 4. The predicted molar refractivity (Wildman–Crippen MR) is 103 cm³/mol. The molecule has 0 aromatic heterocycles. The number of halogens is 2. The van der Waals surface area contributed by atoms with E-state index in [9.17, 15) is 17.6 Å². The molecular formula is C19H20ClFN2O3S. The van der Waals surface area contributed by atoms with Gasteiger partial charge in [0.05, 0.1) is 15.5 Å². The van der Waals surface area contributed by atoms with Gasteiger partial charge in [-0.1, -0.05) is 24.6 Å². The molecule has 0 unspecified atom stereocenters. The molecule has 1 amide bonds. The highest BCUT2D eigenvalue weighted by Gasteiger charge is 2.29. The summed E-state index contributed by atoms with van der Waals surface area (Å²) in [7, 11) is -3.70. The molecule has 5 nitrogen and oxygen atoms in total. The zero-order chi connectivity index (χ0) is 19.6. The van der Waals surface area contributed by atoms with Gasteiger partial charge in [0.25, 0.3) is 5.91 Å². The van der Waals surface area contributed by atoms with Gasteiger partial charge in [0, 0.05) is 18.8 Å². The second-order valence-electron chi connectivity index (χ2n) is 6.69. The second kappa shape index (κ2) is 7.96. The number of piperidine rings is 1. The first-order valence-corrected chi connectivity index (χ1v) is 10.5. The van der Waals surface area contributed by atoms with Gasteiger partial charge in [0.15, 0.2) is 0 Å². The second-order valence-corrected chi connectivity index (χ2v) is 9.04. The van der Waals surface area contributed by atoms with Gasteiger partial charge in [-0.25, -0.2) is 12.8 Å². The molecule has 1 aliphatic heterocycles.